The van der Waals surface area contributed by atoms with Gasteiger partial charge in [0.2, 0.25) is 5.95 Å². The maximum absolute atomic E-state index is 12.9. The van der Waals surface area contributed by atoms with E-state index in [-0.39, 0.29) is 18.1 Å². The van der Waals surface area contributed by atoms with E-state index >= 15 is 0 Å². The number of halogens is 1. The number of hydrogen-bond donors (Lipinski definition) is 1. The molecular weight excluding hydrogens is 341 g/mol. The van der Waals surface area contributed by atoms with Gasteiger partial charge in [-0.25, -0.2) is 4.98 Å². The Hall–Kier alpha value is -3.00. The van der Waals surface area contributed by atoms with Crippen molar-refractivity contribution in [3.8, 4) is 5.75 Å². The molecule has 1 saturated heterocycles. The maximum atomic E-state index is 12.9. The third-order valence-corrected chi connectivity index (χ3v) is 3.84. The molecule has 136 valence electrons. The summed E-state index contributed by atoms with van der Waals surface area (Å²) in [4.78, 5) is 29.5. The Bertz CT molecular complexity index is 776. The first-order valence-corrected chi connectivity index (χ1v) is 8.14. The van der Waals surface area contributed by atoms with Crippen molar-refractivity contribution in [3.63, 3.8) is 0 Å². The molecule has 0 saturated carbocycles. The van der Waals surface area contributed by atoms with E-state index in [0.29, 0.717) is 37.7 Å². The number of nitrogens with one attached hydrogen (secondary N) is 1. The third kappa shape index (κ3) is 4.54. The highest BCUT2D eigenvalue weighted by Gasteiger charge is 2.18. The number of rotatable bonds is 5. The number of carbonyl (C=O) groups excluding carboxylic acids is 2. The molecular formula is C18H18FN3O4. The van der Waals surface area contributed by atoms with Crippen molar-refractivity contribution in [1.29, 1.82) is 0 Å². The van der Waals surface area contributed by atoms with Gasteiger partial charge in [-0.1, -0.05) is 12.1 Å². The third-order valence-electron chi connectivity index (χ3n) is 3.84. The number of pyridine rings is 1. The van der Waals surface area contributed by atoms with E-state index in [2.05, 4.69) is 10.3 Å². The summed E-state index contributed by atoms with van der Waals surface area (Å²) in [6.07, 6.45) is 1.15. The van der Waals surface area contributed by atoms with Crippen molar-refractivity contribution in [2.75, 3.05) is 38.2 Å². The summed E-state index contributed by atoms with van der Waals surface area (Å²) in [5, 5.41) is 2.68. The molecule has 0 aliphatic carbocycles. The van der Waals surface area contributed by atoms with Crippen LogP contribution in [0.25, 0.3) is 0 Å². The van der Waals surface area contributed by atoms with E-state index in [9.17, 15) is 14.0 Å². The second-order valence-corrected chi connectivity index (χ2v) is 5.60. The first kappa shape index (κ1) is 17.8. The lowest BCUT2D eigenvalue weighted by molar-refractivity contribution is -0.137. The van der Waals surface area contributed by atoms with E-state index in [1.165, 1.54) is 6.07 Å². The molecule has 26 heavy (non-hydrogen) atoms. The number of amides is 2. The summed E-state index contributed by atoms with van der Waals surface area (Å²) in [6, 6.07) is 9.23. The smallest absolute Gasteiger partial charge is 0.260 e. The van der Waals surface area contributed by atoms with Crippen LogP contribution in [0.1, 0.15) is 10.4 Å². The highest BCUT2D eigenvalue weighted by atomic mass is 19.1. The maximum Gasteiger partial charge on any atom is 0.260 e. The van der Waals surface area contributed by atoms with Crippen molar-refractivity contribution < 1.29 is 23.5 Å². The molecule has 1 aromatic heterocycles. The lowest BCUT2D eigenvalue weighted by Crippen LogP contribution is -2.43. The summed E-state index contributed by atoms with van der Waals surface area (Å²) in [6.45, 7) is 1.98. The second-order valence-electron chi connectivity index (χ2n) is 5.60. The van der Waals surface area contributed by atoms with Crippen LogP contribution in [0, 0.1) is 5.95 Å². The number of hydrogen-bond acceptors (Lipinski definition) is 5. The zero-order valence-electron chi connectivity index (χ0n) is 14.0. The van der Waals surface area contributed by atoms with Crippen LogP contribution in [-0.4, -0.2) is 54.6 Å². The predicted molar refractivity (Wildman–Crippen MR) is 91.5 cm³/mol. The summed E-state index contributed by atoms with van der Waals surface area (Å²) >= 11 is 0. The van der Waals surface area contributed by atoms with Crippen molar-refractivity contribution in [2.45, 2.75) is 0 Å². The van der Waals surface area contributed by atoms with Gasteiger partial charge in [-0.2, -0.15) is 4.39 Å². The first-order chi connectivity index (χ1) is 12.6. The molecule has 1 N–H and O–H groups in total. The molecule has 2 heterocycles. The molecule has 8 heteroatoms. The fraction of sp³-hybridized carbons (Fsp3) is 0.278. The van der Waals surface area contributed by atoms with Crippen molar-refractivity contribution in [1.82, 2.24) is 9.88 Å². The summed E-state index contributed by atoms with van der Waals surface area (Å²) in [7, 11) is 0. The number of carbonyl (C=O) groups is 2. The summed E-state index contributed by atoms with van der Waals surface area (Å²) in [5.74, 6) is -0.880. The number of anilines is 1. The van der Waals surface area contributed by atoms with Gasteiger partial charge >= 0.3 is 0 Å². The van der Waals surface area contributed by atoms with E-state index in [1.54, 1.807) is 29.2 Å². The zero-order chi connectivity index (χ0) is 18.4. The molecule has 0 spiro atoms. The van der Waals surface area contributed by atoms with E-state index < -0.39 is 11.9 Å². The molecule has 0 unspecified atom stereocenters. The zero-order valence-corrected chi connectivity index (χ0v) is 14.0. The molecule has 0 bridgehead atoms. The minimum atomic E-state index is -0.660. The molecule has 1 aliphatic rings. The Morgan fingerprint density at radius 2 is 1.96 bits per heavy atom. The Kier molecular flexibility index (Phi) is 5.75. The standard InChI is InChI=1S/C18H18FN3O4/c19-16-6-5-13(11-20-16)18(24)21-14-3-1-2-4-15(14)26-12-17(23)22-7-9-25-10-8-22/h1-6,11H,7-10,12H2,(H,21,24). The van der Waals surface area contributed by atoms with E-state index in [0.717, 1.165) is 12.3 Å². The Balaban J connectivity index is 1.63. The van der Waals surface area contributed by atoms with Crippen LogP contribution in [0.2, 0.25) is 0 Å². The quantitative estimate of drug-likeness (QED) is 0.822. The molecule has 3 rings (SSSR count). The monoisotopic (exact) mass is 359 g/mol. The fourth-order valence-electron chi connectivity index (χ4n) is 2.44. The number of nitrogens with zero attached hydrogens (tertiary/aromatic N) is 2. The minimum absolute atomic E-state index is 0.134. The predicted octanol–water partition coefficient (Wildman–Crippen LogP) is 1.71. The normalized spacial score (nSPS) is 14.0. The van der Waals surface area contributed by atoms with Crippen LogP contribution in [0.3, 0.4) is 0 Å². The van der Waals surface area contributed by atoms with Gasteiger partial charge in [0.25, 0.3) is 11.8 Å². The van der Waals surface area contributed by atoms with Crippen LogP contribution in [0.4, 0.5) is 10.1 Å². The average molecular weight is 359 g/mol. The van der Waals surface area contributed by atoms with Gasteiger partial charge < -0.3 is 19.7 Å². The molecule has 2 amide bonds. The van der Waals surface area contributed by atoms with Gasteiger partial charge in [0.15, 0.2) is 6.61 Å². The first-order valence-electron chi connectivity index (χ1n) is 8.14. The summed E-state index contributed by atoms with van der Waals surface area (Å²) in [5.41, 5.74) is 0.627. The number of ether oxygens (including phenoxy) is 2. The number of benzene rings is 1. The number of aromatic nitrogens is 1. The van der Waals surface area contributed by atoms with Gasteiger partial charge in [-0.05, 0) is 24.3 Å². The number of morpholine rings is 1. The second kappa shape index (κ2) is 8.39. The van der Waals surface area contributed by atoms with Crippen LogP contribution in [-0.2, 0) is 9.53 Å². The van der Waals surface area contributed by atoms with E-state index in [1.807, 2.05) is 0 Å². The Labute approximate surface area is 149 Å². The molecule has 1 aromatic carbocycles. The average Bonchev–Trinajstić information content (AvgIpc) is 2.68. The Morgan fingerprint density at radius 1 is 1.19 bits per heavy atom. The number of para-hydroxylation sites is 2. The molecule has 7 nitrogen and oxygen atoms in total. The minimum Gasteiger partial charge on any atom is -0.482 e. The molecule has 2 aromatic rings. The Morgan fingerprint density at radius 3 is 2.69 bits per heavy atom. The van der Waals surface area contributed by atoms with Gasteiger partial charge in [-0.15, -0.1) is 0 Å². The van der Waals surface area contributed by atoms with Crippen LogP contribution >= 0.6 is 0 Å². The van der Waals surface area contributed by atoms with Crippen LogP contribution in [0.15, 0.2) is 42.6 Å². The van der Waals surface area contributed by atoms with Gasteiger partial charge in [0, 0.05) is 19.3 Å². The topological polar surface area (TPSA) is 80.8 Å². The van der Waals surface area contributed by atoms with Gasteiger partial charge in [-0.3, -0.25) is 9.59 Å². The van der Waals surface area contributed by atoms with Gasteiger partial charge in [0.1, 0.15) is 5.75 Å². The SMILES string of the molecule is O=C(Nc1ccccc1OCC(=O)N1CCOCC1)c1ccc(F)nc1. The molecule has 1 aliphatic heterocycles. The lowest BCUT2D eigenvalue weighted by atomic mass is 10.2. The van der Waals surface area contributed by atoms with Gasteiger partial charge in [0.05, 0.1) is 24.5 Å². The molecule has 1 fully saturated rings. The molecule has 0 radical (unpaired) electrons. The largest absolute Gasteiger partial charge is 0.482 e. The molecule has 0 atom stereocenters. The van der Waals surface area contributed by atoms with Crippen molar-refractivity contribution in [2.24, 2.45) is 0 Å². The lowest BCUT2D eigenvalue weighted by Gasteiger charge is -2.26. The highest BCUT2D eigenvalue weighted by molar-refractivity contribution is 6.04. The van der Waals surface area contributed by atoms with E-state index in [4.69, 9.17) is 9.47 Å². The van der Waals surface area contributed by atoms with Crippen molar-refractivity contribution in [3.05, 3.63) is 54.1 Å². The van der Waals surface area contributed by atoms with Crippen LogP contribution in [0.5, 0.6) is 5.75 Å². The van der Waals surface area contributed by atoms with Crippen LogP contribution < -0.4 is 10.1 Å². The fourth-order valence-corrected chi connectivity index (χ4v) is 2.44. The van der Waals surface area contributed by atoms with Crippen molar-refractivity contribution >= 4 is 17.5 Å². The summed E-state index contributed by atoms with van der Waals surface area (Å²) < 4.78 is 23.7. The highest BCUT2D eigenvalue weighted by Crippen LogP contribution is 2.24.